The molecule has 1 saturated heterocycles. The van der Waals surface area contributed by atoms with E-state index in [0.29, 0.717) is 30.3 Å². The number of benzene rings is 2. The van der Waals surface area contributed by atoms with Gasteiger partial charge in [0.05, 0.1) is 24.6 Å². The zero-order valence-electron chi connectivity index (χ0n) is 14.3. The van der Waals surface area contributed by atoms with Crippen LogP contribution in [0.5, 0.6) is 5.75 Å². The standard InChI is InChI=1S/C19H23N3O3/c1-14-3-2-4-16(11-14)25-13-19(23)21-15-5-6-18(17(20)12-15)22-7-9-24-10-8-22/h2-6,11-12H,7-10,13,20H2,1H3,(H,21,23). The Morgan fingerprint density at radius 3 is 2.76 bits per heavy atom. The third-order valence-electron chi connectivity index (χ3n) is 4.02. The number of nitrogens with two attached hydrogens (primary N) is 1. The maximum atomic E-state index is 12.1. The summed E-state index contributed by atoms with van der Waals surface area (Å²) in [5.74, 6) is 0.456. The molecule has 0 atom stereocenters. The average Bonchev–Trinajstić information content (AvgIpc) is 2.61. The minimum Gasteiger partial charge on any atom is -0.484 e. The zero-order valence-corrected chi connectivity index (χ0v) is 14.3. The smallest absolute Gasteiger partial charge is 0.262 e. The van der Waals surface area contributed by atoms with Crippen LogP contribution < -0.4 is 20.7 Å². The van der Waals surface area contributed by atoms with Gasteiger partial charge >= 0.3 is 0 Å². The fourth-order valence-corrected chi connectivity index (χ4v) is 2.78. The quantitative estimate of drug-likeness (QED) is 0.817. The Morgan fingerprint density at radius 2 is 2.04 bits per heavy atom. The molecule has 0 spiro atoms. The molecule has 0 saturated carbocycles. The van der Waals surface area contributed by atoms with Crippen LogP contribution in [0.3, 0.4) is 0 Å². The van der Waals surface area contributed by atoms with Gasteiger partial charge in [0.15, 0.2) is 6.61 Å². The maximum Gasteiger partial charge on any atom is 0.262 e. The average molecular weight is 341 g/mol. The third kappa shape index (κ3) is 4.64. The lowest BCUT2D eigenvalue weighted by Gasteiger charge is -2.30. The van der Waals surface area contributed by atoms with Gasteiger partial charge in [-0.05, 0) is 42.8 Å². The van der Waals surface area contributed by atoms with Gasteiger partial charge in [-0.25, -0.2) is 0 Å². The number of carbonyl (C=O) groups excluding carboxylic acids is 1. The number of morpholine rings is 1. The van der Waals surface area contributed by atoms with Crippen molar-refractivity contribution in [3.05, 3.63) is 48.0 Å². The molecule has 25 heavy (non-hydrogen) atoms. The van der Waals surface area contributed by atoms with E-state index in [9.17, 15) is 4.79 Å². The summed E-state index contributed by atoms with van der Waals surface area (Å²) >= 11 is 0. The summed E-state index contributed by atoms with van der Waals surface area (Å²) in [4.78, 5) is 14.3. The minimum absolute atomic E-state index is 0.0471. The van der Waals surface area contributed by atoms with E-state index in [1.54, 1.807) is 6.07 Å². The largest absolute Gasteiger partial charge is 0.484 e. The fraction of sp³-hybridized carbons (Fsp3) is 0.316. The molecule has 0 unspecified atom stereocenters. The Morgan fingerprint density at radius 1 is 1.24 bits per heavy atom. The molecule has 6 nitrogen and oxygen atoms in total. The summed E-state index contributed by atoms with van der Waals surface area (Å²) in [6.07, 6.45) is 0. The molecule has 1 aliphatic heterocycles. The fourth-order valence-electron chi connectivity index (χ4n) is 2.78. The van der Waals surface area contributed by atoms with E-state index >= 15 is 0 Å². The van der Waals surface area contributed by atoms with Gasteiger partial charge in [-0.1, -0.05) is 12.1 Å². The number of nitrogen functional groups attached to an aromatic ring is 1. The molecule has 1 aliphatic rings. The van der Waals surface area contributed by atoms with Gasteiger partial charge in [0.25, 0.3) is 5.91 Å². The highest BCUT2D eigenvalue weighted by molar-refractivity contribution is 5.93. The molecule has 0 aliphatic carbocycles. The van der Waals surface area contributed by atoms with Crippen LogP contribution >= 0.6 is 0 Å². The summed E-state index contributed by atoms with van der Waals surface area (Å²) in [6.45, 7) is 4.98. The second-order valence-electron chi connectivity index (χ2n) is 6.03. The number of anilines is 3. The Bertz CT molecular complexity index is 742. The first kappa shape index (κ1) is 17.1. The maximum absolute atomic E-state index is 12.1. The van der Waals surface area contributed by atoms with Crippen molar-refractivity contribution in [2.45, 2.75) is 6.92 Å². The molecular formula is C19H23N3O3. The Hall–Kier alpha value is -2.73. The number of hydrogen-bond acceptors (Lipinski definition) is 5. The van der Waals surface area contributed by atoms with Gasteiger partial charge in [-0.2, -0.15) is 0 Å². The van der Waals surface area contributed by atoms with Crippen molar-refractivity contribution in [3.8, 4) is 5.75 Å². The van der Waals surface area contributed by atoms with Crippen molar-refractivity contribution >= 4 is 23.0 Å². The summed E-state index contributed by atoms with van der Waals surface area (Å²) in [6, 6.07) is 13.1. The lowest BCUT2D eigenvalue weighted by molar-refractivity contribution is -0.118. The van der Waals surface area contributed by atoms with E-state index < -0.39 is 0 Å². The molecule has 0 bridgehead atoms. The topological polar surface area (TPSA) is 76.8 Å². The first-order valence-corrected chi connectivity index (χ1v) is 8.33. The van der Waals surface area contributed by atoms with Gasteiger partial charge in [0.2, 0.25) is 0 Å². The molecule has 3 N–H and O–H groups in total. The Balaban J connectivity index is 1.57. The number of nitrogens with one attached hydrogen (secondary N) is 1. The van der Waals surface area contributed by atoms with E-state index in [4.69, 9.17) is 15.2 Å². The van der Waals surface area contributed by atoms with Crippen LogP contribution in [0.2, 0.25) is 0 Å². The molecule has 1 fully saturated rings. The van der Waals surface area contributed by atoms with Gasteiger partial charge < -0.3 is 25.4 Å². The number of nitrogens with zero attached hydrogens (tertiary/aromatic N) is 1. The van der Waals surface area contributed by atoms with Crippen LogP contribution in [0.4, 0.5) is 17.1 Å². The molecule has 2 aromatic rings. The van der Waals surface area contributed by atoms with Gasteiger partial charge in [0.1, 0.15) is 5.75 Å². The molecule has 0 aromatic heterocycles. The van der Waals surface area contributed by atoms with Crippen LogP contribution in [0.1, 0.15) is 5.56 Å². The van der Waals surface area contributed by atoms with Crippen LogP contribution in [0.25, 0.3) is 0 Å². The monoisotopic (exact) mass is 341 g/mol. The molecule has 1 amide bonds. The zero-order chi connectivity index (χ0) is 17.6. The number of hydrogen-bond donors (Lipinski definition) is 2. The normalized spacial score (nSPS) is 14.2. The molecule has 6 heteroatoms. The highest BCUT2D eigenvalue weighted by Gasteiger charge is 2.14. The summed E-state index contributed by atoms with van der Waals surface area (Å²) in [5.41, 5.74) is 9.50. The summed E-state index contributed by atoms with van der Waals surface area (Å²) < 4.78 is 10.9. The van der Waals surface area contributed by atoms with E-state index in [1.807, 2.05) is 43.3 Å². The Labute approximate surface area is 147 Å². The van der Waals surface area contributed by atoms with Crippen LogP contribution in [-0.2, 0) is 9.53 Å². The van der Waals surface area contributed by atoms with Gasteiger partial charge in [-0.15, -0.1) is 0 Å². The summed E-state index contributed by atoms with van der Waals surface area (Å²) in [5, 5.41) is 2.81. The Kier molecular flexibility index (Phi) is 5.40. The number of ether oxygens (including phenoxy) is 2. The predicted molar refractivity (Wildman–Crippen MR) is 99.2 cm³/mol. The molecule has 3 rings (SSSR count). The molecule has 1 heterocycles. The van der Waals surface area contributed by atoms with Crippen molar-refractivity contribution in [2.75, 3.05) is 48.9 Å². The first-order chi connectivity index (χ1) is 12.1. The van der Waals surface area contributed by atoms with E-state index in [-0.39, 0.29) is 12.5 Å². The van der Waals surface area contributed by atoms with Crippen molar-refractivity contribution in [1.82, 2.24) is 0 Å². The number of rotatable bonds is 5. The lowest BCUT2D eigenvalue weighted by atomic mass is 10.2. The highest BCUT2D eigenvalue weighted by Crippen LogP contribution is 2.27. The number of amides is 1. The number of aryl methyl sites for hydroxylation is 1. The highest BCUT2D eigenvalue weighted by atomic mass is 16.5. The number of carbonyl (C=O) groups is 1. The SMILES string of the molecule is Cc1cccc(OCC(=O)Nc2ccc(N3CCOCC3)c(N)c2)c1. The van der Waals surface area contributed by atoms with Gasteiger partial charge in [0, 0.05) is 18.8 Å². The lowest BCUT2D eigenvalue weighted by Crippen LogP contribution is -2.36. The van der Waals surface area contributed by atoms with Crippen LogP contribution in [0, 0.1) is 6.92 Å². The van der Waals surface area contributed by atoms with E-state index in [2.05, 4.69) is 10.2 Å². The van der Waals surface area contributed by atoms with Crippen LogP contribution in [0.15, 0.2) is 42.5 Å². The van der Waals surface area contributed by atoms with Gasteiger partial charge in [-0.3, -0.25) is 4.79 Å². The van der Waals surface area contributed by atoms with Crippen molar-refractivity contribution < 1.29 is 14.3 Å². The van der Waals surface area contributed by atoms with E-state index in [0.717, 1.165) is 24.3 Å². The minimum atomic E-state index is -0.222. The molecule has 132 valence electrons. The second-order valence-corrected chi connectivity index (χ2v) is 6.03. The predicted octanol–water partition coefficient (Wildman–Crippen LogP) is 2.43. The summed E-state index contributed by atoms with van der Waals surface area (Å²) in [7, 11) is 0. The van der Waals surface area contributed by atoms with Crippen molar-refractivity contribution in [2.24, 2.45) is 0 Å². The van der Waals surface area contributed by atoms with Crippen LogP contribution in [-0.4, -0.2) is 38.8 Å². The molecule has 2 aromatic carbocycles. The van der Waals surface area contributed by atoms with Crippen molar-refractivity contribution in [3.63, 3.8) is 0 Å². The second kappa shape index (κ2) is 7.90. The van der Waals surface area contributed by atoms with E-state index in [1.165, 1.54) is 0 Å². The molecule has 0 radical (unpaired) electrons. The first-order valence-electron chi connectivity index (χ1n) is 8.33. The third-order valence-corrected chi connectivity index (χ3v) is 4.02. The molecular weight excluding hydrogens is 318 g/mol. The van der Waals surface area contributed by atoms with Crippen molar-refractivity contribution in [1.29, 1.82) is 0 Å².